The molecule has 1 unspecified atom stereocenters. The van der Waals surface area contributed by atoms with Crippen LogP contribution in [0.5, 0.6) is 0 Å². The largest absolute Gasteiger partial charge is 0.316 e. The topological polar surface area (TPSA) is 46.0 Å². The maximum atomic E-state index is 4.22. The van der Waals surface area contributed by atoms with E-state index in [1.807, 2.05) is 4.68 Å². The highest BCUT2D eigenvalue weighted by atomic mass is 15.3. The Morgan fingerprint density at radius 1 is 1.32 bits per heavy atom. The van der Waals surface area contributed by atoms with Gasteiger partial charge in [-0.2, -0.15) is 5.10 Å². The molecule has 5 heteroatoms. The lowest BCUT2D eigenvalue weighted by molar-refractivity contribution is 0.268. The summed E-state index contributed by atoms with van der Waals surface area (Å²) in [5.74, 6) is 0. The third-order valence-corrected chi connectivity index (χ3v) is 5.18. The van der Waals surface area contributed by atoms with E-state index in [-0.39, 0.29) is 0 Å². The van der Waals surface area contributed by atoms with Crippen LogP contribution in [-0.2, 0) is 6.54 Å². The molecule has 2 fully saturated rings. The van der Waals surface area contributed by atoms with Crippen LogP contribution in [0.2, 0.25) is 0 Å². The number of hydrogen-bond donors (Lipinski definition) is 1. The summed E-state index contributed by atoms with van der Waals surface area (Å²) in [6.45, 7) is 8.07. The zero-order valence-electron chi connectivity index (χ0n) is 13.1. The van der Waals surface area contributed by atoms with Crippen LogP contribution in [-0.4, -0.2) is 45.8 Å². The number of hydrogen-bond acceptors (Lipinski definition) is 4. The fourth-order valence-electron chi connectivity index (χ4n) is 3.97. The SMILES string of the molecule is Cc1cc(CN2CCC3(CCNC3)C2)ccc1-n1cncn1. The highest BCUT2D eigenvalue weighted by molar-refractivity contribution is 5.41. The first kappa shape index (κ1) is 13.9. The Hall–Kier alpha value is -1.72. The molecule has 2 aliphatic rings. The third-order valence-electron chi connectivity index (χ3n) is 5.18. The molecule has 116 valence electrons. The zero-order valence-corrected chi connectivity index (χ0v) is 13.1. The molecular formula is C17H23N5. The van der Waals surface area contributed by atoms with Gasteiger partial charge < -0.3 is 5.32 Å². The highest BCUT2D eigenvalue weighted by Crippen LogP contribution is 2.36. The first-order valence-corrected chi connectivity index (χ1v) is 8.12. The molecule has 1 aromatic heterocycles. The van der Waals surface area contributed by atoms with Gasteiger partial charge in [0.25, 0.3) is 0 Å². The van der Waals surface area contributed by atoms with Crippen LogP contribution in [0.3, 0.4) is 0 Å². The summed E-state index contributed by atoms with van der Waals surface area (Å²) in [4.78, 5) is 6.63. The molecule has 5 nitrogen and oxygen atoms in total. The van der Waals surface area contributed by atoms with E-state index in [2.05, 4.69) is 45.4 Å². The summed E-state index contributed by atoms with van der Waals surface area (Å²) < 4.78 is 1.83. The van der Waals surface area contributed by atoms with Crippen LogP contribution in [0.4, 0.5) is 0 Å². The standard InChI is InChI=1S/C17H23N5/c1-14-8-15(2-3-16(14)22-13-19-12-20-22)9-21-7-5-17(11-21)4-6-18-10-17/h2-3,8,12-13,18H,4-7,9-11H2,1H3. The van der Waals surface area contributed by atoms with Gasteiger partial charge in [-0.1, -0.05) is 12.1 Å². The second-order valence-electron chi connectivity index (χ2n) is 6.85. The highest BCUT2D eigenvalue weighted by Gasteiger charge is 2.39. The third kappa shape index (κ3) is 2.55. The van der Waals surface area contributed by atoms with Crippen molar-refractivity contribution in [1.29, 1.82) is 0 Å². The van der Waals surface area contributed by atoms with Crippen molar-refractivity contribution < 1.29 is 0 Å². The van der Waals surface area contributed by atoms with Gasteiger partial charge in [0.15, 0.2) is 0 Å². The molecule has 0 radical (unpaired) electrons. The van der Waals surface area contributed by atoms with Crippen molar-refractivity contribution in [2.45, 2.75) is 26.3 Å². The van der Waals surface area contributed by atoms with Gasteiger partial charge in [-0.05, 0) is 55.5 Å². The Balaban J connectivity index is 1.47. The van der Waals surface area contributed by atoms with Crippen molar-refractivity contribution in [1.82, 2.24) is 25.0 Å². The molecule has 4 rings (SSSR count). The first-order valence-electron chi connectivity index (χ1n) is 8.12. The van der Waals surface area contributed by atoms with Crippen molar-refractivity contribution in [3.8, 4) is 5.69 Å². The van der Waals surface area contributed by atoms with E-state index in [0.717, 1.165) is 12.2 Å². The maximum absolute atomic E-state index is 4.22. The Morgan fingerprint density at radius 3 is 3.00 bits per heavy atom. The van der Waals surface area contributed by atoms with Crippen molar-refractivity contribution >= 4 is 0 Å². The Morgan fingerprint density at radius 2 is 2.27 bits per heavy atom. The quantitative estimate of drug-likeness (QED) is 0.938. The van der Waals surface area contributed by atoms with E-state index in [0.29, 0.717) is 5.41 Å². The number of aryl methyl sites for hydroxylation is 1. The molecule has 22 heavy (non-hydrogen) atoms. The Bertz CT molecular complexity index is 643. The van der Waals surface area contributed by atoms with Gasteiger partial charge in [0.2, 0.25) is 0 Å². The summed E-state index contributed by atoms with van der Waals surface area (Å²) in [6.07, 6.45) is 6.01. The van der Waals surface area contributed by atoms with Gasteiger partial charge >= 0.3 is 0 Å². The van der Waals surface area contributed by atoms with Crippen LogP contribution in [0.25, 0.3) is 5.69 Å². The zero-order chi connectivity index (χ0) is 15.0. The molecule has 1 atom stereocenters. The van der Waals surface area contributed by atoms with E-state index < -0.39 is 0 Å². The van der Waals surface area contributed by atoms with Crippen molar-refractivity contribution in [2.75, 3.05) is 26.2 Å². The number of benzene rings is 1. The van der Waals surface area contributed by atoms with Gasteiger partial charge in [-0.25, -0.2) is 9.67 Å². The number of nitrogens with one attached hydrogen (secondary N) is 1. The van der Waals surface area contributed by atoms with Crippen molar-refractivity contribution in [3.63, 3.8) is 0 Å². The molecule has 1 N–H and O–H groups in total. The summed E-state index contributed by atoms with van der Waals surface area (Å²) in [6, 6.07) is 6.67. The molecule has 1 spiro atoms. The maximum Gasteiger partial charge on any atom is 0.138 e. The lowest BCUT2D eigenvalue weighted by Gasteiger charge is -2.23. The average Bonchev–Trinajstić information content (AvgIpc) is 3.24. The molecule has 2 aliphatic heterocycles. The summed E-state index contributed by atoms with van der Waals surface area (Å²) in [5.41, 5.74) is 4.30. The molecule has 0 saturated carbocycles. The molecule has 0 bridgehead atoms. The normalized spacial score (nSPS) is 25.3. The van der Waals surface area contributed by atoms with Gasteiger partial charge in [0.05, 0.1) is 5.69 Å². The van der Waals surface area contributed by atoms with Gasteiger partial charge in [-0.3, -0.25) is 4.90 Å². The van der Waals surface area contributed by atoms with Crippen LogP contribution < -0.4 is 5.32 Å². The van der Waals surface area contributed by atoms with Crippen molar-refractivity contribution in [3.05, 3.63) is 42.0 Å². The molecular weight excluding hydrogens is 274 g/mol. The van der Waals surface area contributed by atoms with Crippen LogP contribution in [0.1, 0.15) is 24.0 Å². The molecule has 2 aromatic rings. The van der Waals surface area contributed by atoms with Crippen LogP contribution >= 0.6 is 0 Å². The predicted molar refractivity (Wildman–Crippen MR) is 85.9 cm³/mol. The van der Waals surface area contributed by atoms with E-state index >= 15 is 0 Å². The molecule has 1 aromatic carbocycles. The molecule has 0 aliphatic carbocycles. The molecule has 2 saturated heterocycles. The van der Waals surface area contributed by atoms with E-state index in [1.54, 1.807) is 12.7 Å². The minimum absolute atomic E-state index is 0.551. The average molecular weight is 297 g/mol. The van der Waals surface area contributed by atoms with Gasteiger partial charge in [0.1, 0.15) is 12.7 Å². The lowest BCUT2D eigenvalue weighted by Crippen LogP contribution is -2.28. The van der Waals surface area contributed by atoms with E-state index in [1.165, 1.54) is 50.1 Å². The molecule has 0 amide bonds. The Labute approximate surface area is 131 Å². The van der Waals surface area contributed by atoms with Gasteiger partial charge in [0, 0.05) is 19.6 Å². The second-order valence-corrected chi connectivity index (χ2v) is 6.85. The first-order chi connectivity index (χ1) is 10.7. The van der Waals surface area contributed by atoms with Crippen LogP contribution in [0.15, 0.2) is 30.9 Å². The fourth-order valence-corrected chi connectivity index (χ4v) is 3.97. The van der Waals surface area contributed by atoms with Crippen LogP contribution in [0, 0.1) is 12.3 Å². The predicted octanol–water partition coefficient (Wildman–Crippen LogP) is 1.76. The Kier molecular flexibility index (Phi) is 3.47. The summed E-state index contributed by atoms with van der Waals surface area (Å²) >= 11 is 0. The number of likely N-dealkylation sites (tertiary alicyclic amines) is 1. The molecule has 3 heterocycles. The van der Waals surface area contributed by atoms with E-state index in [9.17, 15) is 0 Å². The lowest BCUT2D eigenvalue weighted by atomic mass is 9.86. The monoisotopic (exact) mass is 297 g/mol. The second kappa shape index (κ2) is 5.48. The minimum Gasteiger partial charge on any atom is -0.316 e. The number of nitrogens with zero attached hydrogens (tertiary/aromatic N) is 4. The minimum atomic E-state index is 0.551. The summed E-state index contributed by atoms with van der Waals surface area (Å²) in [5, 5.41) is 7.75. The summed E-state index contributed by atoms with van der Waals surface area (Å²) in [7, 11) is 0. The van der Waals surface area contributed by atoms with Crippen molar-refractivity contribution in [2.24, 2.45) is 5.41 Å². The smallest absolute Gasteiger partial charge is 0.138 e. The van der Waals surface area contributed by atoms with Gasteiger partial charge in [-0.15, -0.1) is 0 Å². The number of aromatic nitrogens is 3. The van der Waals surface area contributed by atoms with E-state index in [4.69, 9.17) is 0 Å². The fraction of sp³-hybridized carbons (Fsp3) is 0.529. The number of rotatable bonds is 3.